The molecule has 0 heterocycles. The molecule has 0 fully saturated rings. The number of hydrogen-bond donors (Lipinski definition) is 7. The van der Waals surface area contributed by atoms with Crippen LogP contribution in [0.2, 0.25) is 0 Å². The number of nitrogens with two attached hydrogens (primary N) is 2. The van der Waals surface area contributed by atoms with Gasteiger partial charge in [-0.15, -0.1) is 0 Å². The second kappa shape index (κ2) is 16.7. The first-order chi connectivity index (χ1) is 15.5. The van der Waals surface area contributed by atoms with Crippen LogP contribution >= 0.6 is 11.8 Å². The predicted molar refractivity (Wildman–Crippen MR) is 128 cm³/mol. The van der Waals surface area contributed by atoms with Crippen LogP contribution < -0.4 is 27.4 Å². The van der Waals surface area contributed by atoms with Gasteiger partial charge in [0.2, 0.25) is 17.7 Å². The van der Waals surface area contributed by atoms with Crippen LogP contribution in [0.5, 0.6) is 0 Å². The quantitative estimate of drug-likeness (QED) is 0.127. The molecule has 0 saturated carbocycles. The number of aliphatic carboxylic acids is 1. The highest BCUT2D eigenvalue weighted by Gasteiger charge is 2.32. The molecule has 0 aliphatic carbocycles. The monoisotopic (exact) mass is 491 g/mol. The fraction of sp³-hybridized carbons (Fsp3) is 0.810. The second-order valence-electron chi connectivity index (χ2n) is 8.16. The average Bonchev–Trinajstić information content (AvgIpc) is 2.77. The molecule has 6 atom stereocenters. The molecule has 33 heavy (non-hydrogen) atoms. The summed E-state index contributed by atoms with van der Waals surface area (Å²) in [5, 5.41) is 26.7. The third kappa shape index (κ3) is 11.7. The van der Waals surface area contributed by atoms with Crippen LogP contribution in [0.15, 0.2) is 0 Å². The Kier molecular flexibility index (Phi) is 15.7. The Labute approximate surface area is 200 Å². The maximum atomic E-state index is 13.0. The summed E-state index contributed by atoms with van der Waals surface area (Å²) < 4.78 is 0. The first-order valence-electron chi connectivity index (χ1n) is 11.3. The molecule has 0 radical (unpaired) electrons. The molecule has 9 N–H and O–H groups in total. The van der Waals surface area contributed by atoms with Crippen molar-refractivity contribution in [3.05, 3.63) is 0 Å². The van der Waals surface area contributed by atoms with Crippen molar-refractivity contribution < 1.29 is 29.4 Å². The lowest BCUT2D eigenvalue weighted by atomic mass is 9.98. The highest BCUT2D eigenvalue weighted by molar-refractivity contribution is 7.98. The van der Waals surface area contributed by atoms with Gasteiger partial charge in [0.25, 0.3) is 0 Å². The van der Waals surface area contributed by atoms with E-state index in [1.165, 1.54) is 18.7 Å². The minimum absolute atomic E-state index is 0.267. The molecule has 192 valence electrons. The highest BCUT2D eigenvalue weighted by atomic mass is 32.2. The molecule has 11 nitrogen and oxygen atoms in total. The topological polar surface area (TPSA) is 197 Å². The van der Waals surface area contributed by atoms with Crippen molar-refractivity contribution >= 4 is 35.5 Å². The van der Waals surface area contributed by atoms with E-state index in [4.69, 9.17) is 11.5 Å². The number of carboxylic acids is 1. The number of aliphatic hydroxyl groups excluding tert-OH is 1. The number of hydrogen-bond acceptors (Lipinski definition) is 8. The van der Waals surface area contributed by atoms with Gasteiger partial charge >= 0.3 is 5.97 Å². The number of carboxylic acid groups (broad SMARTS) is 1. The second-order valence-corrected chi connectivity index (χ2v) is 9.15. The van der Waals surface area contributed by atoms with Crippen molar-refractivity contribution in [2.75, 3.05) is 18.6 Å². The van der Waals surface area contributed by atoms with Gasteiger partial charge in [0.15, 0.2) is 0 Å². The van der Waals surface area contributed by atoms with Gasteiger partial charge in [-0.3, -0.25) is 14.4 Å². The molecule has 0 aromatic rings. The lowest BCUT2D eigenvalue weighted by molar-refractivity contribution is -0.143. The summed E-state index contributed by atoms with van der Waals surface area (Å²) in [4.78, 5) is 49.8. The number of amides is 3. The van der Waals surface area contributed by atoms with E-state index in [0.717, 1.165) is 0 Å². The van der Waals surface area contributed by atoms with Crippen LogP contribution in [0, 0.1) is 5.92 Å². The van der Waals surface area contributed by atoms with Gasteiger partial charge in [0.1, 0.15) is 24.2 Å². The summed E-state index contributed by atoms with van der Waals surface area (Å²) in [5.74, 6) is -2.77. The van der Waals surface area contributed by atoms with Crippen LogP contribution in [0.4, 0.5) is 0 Å². The Balaban J connectivity index is 5.50. The van der Waals surface area contributed by atoms with Gasteiger partial charge in [-0.05, 0) is 57.1 Å². The lowest BCUT2D eigenvalue weighted by Gasteiger charge is -2.26. The average molecular weight is 492 g/mol. The molecule has 0 aliphatic heterocycles. The van der Waals surface area contributed by atoms with Crippen LogP contribution in [0.3, 0.4) is 0 Å². The Hall–Kier alpha value is -1.89. The van der Waals surface area contributed by atoms with Crippen molar-refractivity contribution in [3.63, 3.8) is 0 Å². The lowest BCUT2D eigenvalue weighted by Crippen LogP contribution is -2.58. The third-order valence-corrected chi connectivity index (χ3v) is 6.07. The summed E-state index contributed by atoms with van der Waals surface area (Å²) in [6, 6.07) is -4.25. The van der Waals surface area contributed by atoms with E-state index in [1.807, 2.05) is 13.2 Å². The smallest absolute Gasteiger partial charge is 0.326 e. The highest BCUT2D eigenvalue weighted by Crippen LogP contribution is 2.10. The van der Waals surface area contributed by atoms with Crippen molar-refractivity contribution in [2.45, 2.75) is 83.1 Å². The molecule has 0 aromatic carbocycles. The largest absolute Gasteiger partial charge is 0.480 e. The summed E-state index contributed by atoms with van der Waals surface area (Å²) in [7, 11) is 0. The first-order valence-corrected chi connectivity index (χ1v) is 12.7. The van der Waals surface area contributed by atoms with Crippen molar-refractivity contribution in [1.29, 1.82) is 0 Å². The summed E-state index contributed by atoms with van der Waals surface area (Å²) in [6.07, 6.45) is 3.03. The summed E-state index contributed by atoms with van der Waals surface area (Å²) >= 11 is 1.48. The molecule has 6 unspecified atom stereocenters. The molecule has 0 spiro atoms. The van der Waals surface area contributed by atoms with Crippen LogP contribution in [-0.4, -0.2) is 82.7 Å². The SMILES string of the molecule is CCC(C)C(NC(=O)C(CCSC)NC(=O)C(CCCCN)NC(=O)C(N)C(C)O)C(=O)O. The predicted octanol–water partition coefficient (Wildman–Crippen LogP) is -0.838. The Morgan fingerprint density at radius 3 is 1.97 bits per heavy atom. The van der Waals surface area contributed by atoms with E-state index >= 15 is 0 Å². The number of thioether (sulfide) groups is 1. The van der Waals surface area contributed by atoms with Gasteiger partial charge in [0, 0.05) is 0 Å². The number of unbranched alkanes of at least 4 members (excludes halogenated alkanes) is 1. The molecule has 3 amide bonds. The van der Waals surface area contributed by atoms with Gasteiger partial charge in [0.05, 0.1) is 6.10 Å². The molecule has 0 aliphatic rings. The van der Waals surface area contributed by atoms with E-state index in [2.05, 4.69) is 16.0 Å². The van der Waals surface area contributed by atoms with Crippen molar-refractivity contribution in [2.24, 2.45) is 17.4 Å². The molecule has 12 heteroatoms. The van der Waals surface area contributed by atoms with Gasteiger partial charge in [-0.1, -0.05) is 20.3 Å². The zero-order valence-electron chi connectivity index (χ0n) is 20.0. The zero-order valence-corrected chi connectivity index (χ0v) is 20.8. The fourth-order valence-electron chi connectivity index (χ4n) is 2.96. The van der Waals surface area contributed by atoms with E-state index in [1.54, 1.807) is 6.92 Å². The number of carbonyl (C=O) groups excluding carboxylic acids is 3. The number of aliphatic hydroxyl groups is 1. The molecule has 0 saturated heterocycles. The minimum Gasteiger partial charge on any atom is -0.480 e. The molecule has 0 bridgehead atoms. The number of carbonyl (C=O) groups is 4. The van der Waals surface area contributed by atoms with Gasteiger partial charge in [-0.2, -0.15) is 11.8 Å². The maximum Gasteiger partial charge on any atom is 0.326 e. The van der Waals surface area contributed by atoms with E-state index < -0.39 is 54.0 Å². The van der Waals surface area contributed by atoms with E-state index in [9.17, 15) is 29.4 Å². The summed E-state index contributed by atoms with van der Waals surface area (Å²) in [5.41, 5.74) is 11.2. The maximum absolute atomic E-state index is 13.0. The first kappa shape index (κ1) is 31.1. The van der Waals surface area contributed by atoms with Crippen molar-refractivity contribution in [1.82, 2.24) is 16.0 Å². The third-order valence-electron chi connectivity index (χ3n) is 5.42. The zero-order chi connectivity index (χ0) is 25.6. The van der Waals surface area contributed by atoms with Crippen LogP contribution in [0.1, 0.15) is 52.9 Å². The normalized spacial score (nSPS) is 16.6. The van der Waals surface area contributed by atoms with Gasteiger partial charge in [-0.25, -0.2) is 4.79 Å². The molecule has 0 aromatic heterocycles. The van der Waals surface area contributed by atoms with Gasteiger partial charge < -0.3 is 37.6 Å². The van der Waals surface area contributed by atoms with E-state index in [-0.39, 0.29) is 18.8 Å². The van der Waals surface area contributed by atoms with E-state index in [0.29, 0.717) is 31.6 Å². The Bertz CT molecular complexity index is 636. The standard InChI is InChI=1S/C21H41N5O6S/c1-5-12(2)17(21(31)32)26-19(29)15(9-11-33-4)24-18(28)14(8-6-7-10-22)25-20(30)16(23)13(3)27/h12-17,27H,5-11,22-23H2,1-4H3,(H,24,28)(H,25,30)(H,26,29)(H,31,32). The molecular weight excluding hydrogens is 450 g/mol. The Morgan fingerprint density at radius 1 is 0.939 bits per heavy atom. The fourth-order valence-corrected chi connectivity index (χ4v) is 3.43. The van der Waals surface area contributed by atoms with Crippen LogP contribution in [0.25, 0.3) is 0 Å². The van der Waals surface area contributed by atoms with Crippen molar-refractivity contribution in [3.8, 4) is 0 Å². The molecule has 0 rings (SSSR count). The van der Waals surface area contributed by atoms with Crippen LogP contribution in [-0.2, 0) is 19.2 Å². The number of nitrogens with one attached hydrogen (secondary N) is 3. The minimum atomic E-state index is -1.21. The number of rotatable bonds is 17. The molecular formula is C21H41N5O6S. The Morgan fingerprint density at radius 2 is 1.48 bits per heavy atom. The summed E-state index contributed by atoms with van der Waals surface area (Å²) in [6.45, 7) is 5.34.